The number of amides is 3. The summed E-state index contributed by atoms with van der Waals surface area (Å²) in [7, 11) is 0. The topological polar surface area (TPSA) is 67.9 Å². The van der Waals surface area contributed by atoms with Crippen LogP contribution in [-0.4, -0.2) is 23.4 Å². The zero-order valence-corrected chi connectivity index (χ0v) is 22.7. The highest BCUT2D eigenvalue weighted by molar-refractivity contribution is 14.1. The van der Waals surface area contributed by atoms with Gasteiger partial charge in [0.2, 0.25) is 0 Å². The molecule has 6 nitrogen and oxygen atoms in total. The Bertz CT molecular complexity index is 1370. The van der Waals surface area contributed by atoms with E-state index >= 15 is 0 Å². The third kappa shape index (κ3) is 5.93. The second-order valence-corrected chi connectivity index (χ2v) is 9.76. The van der Waals surface area contributed by atoms with Crippen molar-refractivity contribution in [2.45, 2.75) is 20.1 Å². The number of nitrogens with one attached hydrogen (secondary N) is 1. The highest BCUT2D eigenvalue weighted by Gasteiger charge is 2.34. The summed E-state index contributed by atoms with van der Waals surface area (Å²) in [5.74, 6) is -0.0363. The predicted molar refractivity (Wildman–Crippen MR) is 145 cm³/mol. The molecule has 4 rings (SSSR count). The van der Waals surface area contributed by atoms with E-state index in [1.807, 2.05) is 6.92 Å². The second-order valence-electron chi connectivity index (χ2n) is 7.76. The Kier molecular flexibility index (Phi) is 8.38. The quantitative estimate of drug-likeness (QED) is 0.167. The van der Waals surface area contributed by atoms with Gasteiger partial charge in [0.15, 0.2) is 11.5 Å². The van der Waals surface area contributed by atoms with Crippen molar-refractivity contribution < 1.29 is 23.5 Å². The number of nitrogens with zero attached hydrogens (tertiary/aromatic N) is 1. The van der Waals surface area contributed by atoms with Gasteiger partial charge in [-0.05, 0) is 71.5 Å². The lowest BCUT2D eigenvalue weighted by Crippen LogP contribution is -2.30. The first-order chi connectivity index (χ1) is 17.3. The van der Waals surface area contributed by atoms with Gasteiger partial charge in [-0.3, -0.25) is 9.69 Å². The summed E-state index contributed by atoms with van der Waals surface area (Å²) in [6.45, 7) is 2.27. The number of rotatable bonds is 8. The molecule has 0 unspecified atom stereocenters. The fourth-order valence-electron chi connectivity index (χ4n) is 3.54. The molecular weight excluding hydrogens is 621 g/mol. The van der Waals surface area contributed by atoms with E-state index in [0.29, 0.717) is 33.7 Å². The molecule has 1 aliphatic rings. The van der Waals surface area contributed by atoms with E-state index < -0.39 is 17.8 Å². The van der Waals surface area contributed by atoms with Crippen LogP contribution in [0.4, 0.5) is 9.18 Å². The molecule has 3 amide bonds. The van der Waals surface area contributed by atoms with Crippen molar-refractivity contribution >= 4 is 63.8 Å². The summed E-state index contributed by atoms with van der Waals surface area (Å²) < 4.78 is 26.6. The van der Waals surface area contributed by atoms with E-state index in [2.05, 4.69) is 27.9 Å². The number of ether oxygens (including phenoxy) is 2. The van der Waals surface area contributed by atoms with Crippen molar-refractivity contribution in [3.63, 3.8) is 0 Å². The Balaban J connectivity index is 1.57. The number of carbonyl (C=O) groups excluding carboxylic acids is 2. The highest BCUT2D eigenvalue weighted by atomic mass is 127. The predicted octanol–water partition coefficient (Wildman–Crippen LogP) is 6.81. The average Bonchev–Trinajstić information content (AvgIpc) is 3.08. The van der Waals surface area contributed by atoms with E-state index in [-0.39, 0.29) is 24.4 Å². The van der Waals surface area contributed by atoms with Gasteiger partial charge < -0.3 is 14.8 Å². The van der Waals surface area contributed by atoms with Crippen LogP contribution in [0.3, 0.4) is 0 Å². The van der Waals surface area contributed by atoms with Crippen molar-refractivity contribution in [1.29, 1.82) is 0 Å². The summed E-state index contributed by atoms with van der Waals surface area (Å²) in [4.78, 5) is 26.3. The van der Waals surface area contributed by atoms with Crippen molar-refractivity contribution in [3.8, 4) is 11.5 Å². The second kappa shape index (κ2) is 11.5. The number of benzene rings is 3. The molecule has 0 aromatic heterocycles. The Morgan fingerprint density at radius 1 is 1.06 bits per heavy atom. The van der Waals surface area contributed by atoms with Gasteiger partial charge in [0.25, 0.3) is 5.91 Å². The maximum absolute atomic E-state index is 14.0. The minimum absolute atomic E-state index is 0.0798. The molecule has 10 heteroatoms. The molecule has 0 aliphatic carbocycles. The van der Waals surface area contributed by atoms with Gasteiger partial charge in [0.1, 0.15) is 18.1 Å². The molecule has 36 heavy (non-hydrogen) atoms. The fraction of sp³-hybridized carbons (Fsp3) is 0.154. The maximum atomic E-state index is 14.0. The Morgan fingerprint density at radius 3 is 2.56 bits per heavy atom. The lowest BCUT2D eigenvalue weighted by atomic mass is 10.1. The van der Waals surface area contributed by atoms with E-state index in [1.165, 1.54) is 12.1 Å². The van der Waals surface area contributed by atoms with E-state index in [4.69, 9.17) is 32.7 Å². The summed E-state index contributed by atoms with van der Waals surface area (Å²) in [5, 5.41) is 3.59. The van der Waals surface area contributed by atoms with Gasteiger partial charge in [-0.25, -0.2) is 9.18 Å². The zero-order valence-electron chi connectivity index (χ0n) is 19.0. The molecule has 1 heterocycles. The monoisotopic (exact) mass is 640 g/mol. The van der Waals surface area contributed by atoms with Crippen molar-refractivity contribution in [2.24, 2.45) is 0 Å². The van der Waals surface area contributed by atoms with E-state index in [0.717, 1.165) is 14.0 Å². The number of carbonyl (C=O) groups is 2. The van der Waals surface area contributed by atoms with Crippen LogP contribution in [0.5, 0.6) is 11.5 Å². The van der Waals surface area contributed by atoms with Gasteiger partial charge in [0.05, 0.1) is 16.7 Å². The summed E-state index contributed by atoms with van der Waals surface area (Å²) >= 11 is 14.3. The SMILES string of the molecule is CCOc1cc(/C=C2/NC(=O)N(Cc3ccccc3F)C2=O)cc(I)c1OCc1ccc(Cl)cc1Cl. The van der Waals surface area contributed by atoms with Crippen LogP contribution in [0.1, 0.15) is 23.6 Å². The summed E-state index contributed by atoms with van der Waals surface area (Å²) in [6, 6.07) is 14.1. The molecule has 0 saturated carbocycles. The Morgan fingerprint density at radius 2 is 1.83 bits per heavy atom. The molecule has 1 aliphatic heterocycles. The van der Waals surface area contributed by atoms with Crippen LogP contribution in [0, 0.1) is 9.39 Å². The lowest BCUT2D eigenvalue weighted by molar-refractivity contribution is -0.123. The molecule has 1 N–H and O–H groups in total. The molecule has 3 aromatic carbocycles. The molecule has 186 valence electrons. The van der Waals surface area contributed by atoms with Crippen LogP contribution in [0.25, 0.3) is 6.08 Å². The Hall–Kier alpha value is -2.82. The minimum atomic E-state index is -0.617. The fourth-order valence-corrected chi connectivity index (χ4v) is 4.79. The van der Waals surface area contributed by atoms with Crippen LogP contribution < -0.4 is 14.8 Å². The molecular formula is C26H20Cl2FIN2O4. The van der Waals surface area contributed by atoms with E-state index in [1.54, 1.807) is 48.5 Å². The number of hydrogen-bond donors (Lipinski definition) is 1. The molecule has 0 radical (unpaired) electrons. The van der Waals surface area contributed by atoms with Crippen LogP contribution in [0.15, 0.2) is 60.3 Å². The lowest BCUT2D eigenvalue weighted by Gasteiger charge is -2.15. The van der Waals surface area contributed by atoms with Crippen molar-refractivity contribution in [3.05, 3.63) is 96.4 Å². The number of urea groups is 1. The number of imide groups is 1. The first-order valence-electron chi connectivity index (χ1n) is 10.9. The largest absolute Gasteiger partial charge is 0.490 e. The highest BCUT2D eigenvalue weighted by Crippen LogP contribution is 2.36. The molecule has 0 atom stereocenters. The Labute approximate surface area is 231 Å². The van der Waals surface area contributed by atoms with Gasteiger partial charge in [-0.1, -0.05) is 47.5 Å². The third-order valence-electron chi connectivity index (χ3n) is 5.28. The van der Waals surface area contributed by atoms with Crippen LogP contribution in [0.2, 0.25) is 10.0 Å². The minimum Gasteiger partial charge on any atom is -0.490 e. The van der Waals surface area contributed by atoms with Gasteiger partial charge >= 0.3 is 6.03 Å². The third-order valence-corrected chi connectivity index (χ3v) is 6.67. The first-order valence-corrected chi connectivity index (χ1v) is 12.7. The molecule has 1 saturated heterocycles. The maximum Gasteiger partial charge on any atom is 0.329 e. The number of hydrogen-bond acceptors (Lipinski definition) is 4. The van der Waals surface area contributed by atoms with Gasteiger partial charge in [-0.15, -0.1) is 0 Å². The summed E-state index contributed by atoms with van der Waals surface area (Å²) in [5.41, 5.74) is 1.71. The average molecular weight is 641 g/mol. The standard InChI is InChI=1S/C26H20Cl2FIN2O4/c1-2-35-23-11-15(9-21(30)24(23)36-14-17-7-8-18(27)12-19(17)28)10-22-25(33)32(26(34)31-22)13-16-5-3-4-6-20(16)29/h3-12H,2,13-14H2,1H3,(H,31,34)/b22-10+. The van der Waals surface area contributed by atoms with Crippen LogP contribution in [-0.2, 0) is 17.9 Å². The normalized spacial score (nSPS) is 14.4. The van der Waals surface area contributed by atoms with Crippen LogP contribution >= 0.6 is 45.8 Å². The van der Waals surface area contributed by atoms with Crippen molar-refractivity contribution in [2.75, 3.05) is 6.61 Å². The molecule has 0 spiro atoms. The molecule has 0 bridgehead atoms. The molecule has 3 aromatic rings. The van der Waals surface area contributed by atoms with Crippen molar-refractivity contribution in [1.82, 2.24) is 10.2 Å². The first kappa shape index (κ1) is 26.2. The summed E-state index contributed by atoms with van der Waals surface area (Å²) in [6.07, 6.45) is 1.55. The zero-order chi connectivity index (χ0) is 25.8. The number of halogens is 4. The van der Waals surface area contributed by atoms with Gasteiger partial charge in [0, 0.05) is 21.2 Å². The van der Waals surface area contributed by atoms with E-state index in [9.17, 15) is 14.0 Å². The smallest absolute Gasteiger partial charge is 0.329 e. The molecule has 1 fully saturated rings. The van der Waals surface area contributed by atoms with Gasteiger partial charge in [-0.2, -0.15) is 0 Å².